The summed E-state index contributed by atoms with van der Waals surface area (Å²) in [4.78, 5) is 0. The fourth-order valence-electron chi connectivity index (χ4n) is 2.37. The van der Waals surface area contributed by atoms with Crippen LogP contribution in [-0.2, 0) is 6.61 Å². The van der Waals surface area contributed by atoms with Crippen LogP contribution in [0.25, 0.3) is 5.69 Å². The van der Waals surface area contributed by atoms with Crippen LogP contribution in [0.1, 0.15) is 27.9 Å². The lowest BCUT2D eigenvalue weighted by atomic mass is 10.1. The van der Waals surface area contributed by atoms with E-state index in [2.05, 4.69) is 24.2 Å². The van der Waals surface area contributed by atoms with Crippen molar-refractivity contribution < 1.29 is 5.11 Å². The molecule has 0 aliphatic carbocycles. The molecule has 0 saturated carbocycles. The van der Waals surface area contributed by atoms with Crippen LogP contribution >= 0.6 is 11.6 Å². The lowest BCUT2D eigenvalue weighted by Gasteiger charge is -2.12. The number of aliphatic hydroxyl groups is 1. The third-order valence-corrected chi connectivity index (χ3v) is 3.52. The first-order valence-corrected chi connectivity index (χ1v) is 6.26. The van der Waals surface area contributed by atoms with Gasteiger partial charge in [0.15, 0.2) is 0 Å². The molecule has 2 rings (SSSR count). The Balaban J connectivity index is 2.70. The van der Waals surface area contributed by atoms with Gasteiger partial charge in [-0.2, -0.15) is 5.10 Å². The topological polar surface area (TPSA) is 38.0 Å². The first-order chi connectivity index (χ1) is 8.45. The minimum Gasteiger partial charge on any atom is -0.391 e. The van der Waals surface area contributed by atoms with Crippen LogP contribution in [0.5, 0.6) is 0 Å². The summed E-state index contributed by atoms with van der Waals surface area (Å²) in [7, 11) is 0. The second kappa shape index (κ2) is 4.75. The molecule has 0 fully saturated rings. The summed E-state index contributed by atoms with van der Waals surface area (Å²) in [5.74, 6) is 0. The molecule has 18 heavy (non-hydrogen) atoms. The maximum atomic E-state index is 9.30. The summed E-state index contributed by atoms with van der Waals surface area (Å²) in [6, 6.07) is 4.21. The van der Waals surface area contributed by atoms with Gasteiger partial charge >= 0.3 is 0 Å². The molecule has 0 unspecified atom stereocenters. The summed E-state index contributed by atoms with van der Waals surface area (Å²) in [6.45, 7) is 7.92. The monoisotopic (exact) mass is 264 g/mol. The third-order valence-electron chi connectivity index (χ3n) is 3.13. The minimum absolute atomic E-state index is 0.0887. The highest BCUT2D eigenvalue weighted by atomic mass is 35.5. The van der Waals surface area contributed by atoms with Gasteiger partial charge in [0, 0.05) is 5.56 Å². The molecule has 0 atom stereocenters. The Morgan fingerprint density at radius 1 is 1.17 bits per heavy atom. The Morgan fingerprint density at radius 2 is 1.72 bits per heavy atom. The summed E-state index contributed by atoms with van der Waals surface area (Å²) >= 11 is 6.29. The number of aryl methyl sites for hydroxylation is 4. The molecule has 1 N–H and O–H groups in total. The van der Waals surface area contributed by atoms with Gasteiger partial charge in [-0.05, 0) is 38.8 Å². The lowest BCUT2D eigenvalue weighted by Crippen LogP contribution is -2.03. The first kappa shape index (κ1) is 13.1. The van der Waals surface area contributed by atoms with Crippen molar-refractivity contribution in [3.63, 3.8) is 0 Å². The van der Waals surface area contributed by atoms with Crippen LogP contribution in [0.2, 0.25) is 5.15 Å². The number of rotatable bonds is 2. The van der Waals surface area contributed by atoms with Gasteiger partial charge in [-0.15, -0.1) is 0 Å². The zero-order valence-corrected chi connectivity index (χ0v) is 11.8. The Bertz CT molecular complexity index is 579. The molecule has 4 heteroatoms. The number of hydrogen-bond donors (Lipinski definition) is 1. The Kier molecular flexibility index (Phi) is 3.46. The SMILES string of the molecule is Cc1cc(C)c(-n2nc(C)c(CO)c2Cl)c(C)c1. The van der Waals surface area contributed by atoms with Gasteiger partial charge in [-0.25, -0.2) is 4.68 Å². The molecule has 0 radical (unpaired) electrons. The molecule has 0 aliphatic rings. The number of benzene rings is 1. The van der Waals surface area contributed by atoms with Gasteiger partial charge in [0.2, 0.25) is 0 Å². The van der Waals surface area contributed by atoms with E-state index >= 15 is 0 Å². The zero-order chi connectivity index (χ0) is 13.4. The number of aliphatic hydroxyl groups excluding tert-OH is 1. The molecule has 1 aromatic heterocycles. The van der Waals surface area contributed by atoms with Crippen molar-refractivity contribution >= 4 is 11.6 Å². The molecule has 1 heterocycles. The molecular weight excluding hydrogens is 248 g/mol. The van der Waals surface area contributed by atoms with E-state index in [4.69, 9.17) is 11.6 Å². The second-order valence-corrected chi connectivity index (χ2v) is 5.03. The van der Waals surface area contributed by atoms with Crippen molar-refractivity contribution in [2.24, 2.45) is 0 Å². The van der Waals surface area contributed by atoms with E-state index in [1.807, 2.05) is 20.8 Å². The smallest absolute Gasteiger partial charge is 0.138 e. The maximum Gasteiger partial charge on any atom is 0.138 e. The summed E-state index contributed by atoms with van der Waals surface area (Å²) in [6.07, 6.45) is 0. The van der Waals surface area contributed by atoms with Crippen molar-refractivity contribution in [2.75, 3.05) is 0 Å². The fraction of sp³-hybridized carbons (Fsp3) is 0.357. The van der Waals surface area contributed by atoms with E-state index in [1.54, 1.807) is 4.68 Å². The molecule has 0 aliphatic heterocycles. The van der Waals surface area contributed by atoms with Crippen LogP contribution in [0.3, 0.4) is 0 Å². The first-order valence-electron chi connectivity index (χ1n) is 5.88. The largest absolute Gasteiger partial charge is 0.391 e. The summed E-state index contributed by atoms with van der Waals surface area (Å²) < 4.78 is 1.71. The Hall–Kier alpha value is -1.32. The number of nitrogens with zero attached hydrogens (tertiary/aromatic N) is 2. The van der Waals surface area contributed by atoms with E-state index in [0.717, 1.165) is 22.5 Å². The number of halogens is 1. The molecule has 0 bridgehead atoms. The van der Waals surface area contributed by atoms with Crippen LogP contribution in [0.4, 0.5) is 0 Å². The van der Waals surface area contributed by atoms with E-state index in [-0.39, 0.29) is 6.61 Å². The van der Waals surface area contributed by atoms with Crippen molar-refractivity contribution in [1.82, 2.24) is 9.78 Å². The average molecular weight is 265 g/mol. The van der Waals surface area contributed by atoms with Gasteiger partial charge in [-0.1, -0.05) is 29.3 Å². The highest BCUT2D eigenvalue weighted by Gasteiger charge is 2.16. The third kappa shape index (κ3) is 2.04. The van der Waals surface area contributed by atoms with Gasteiger partial charge in [-0.3, -0.25) is 0 Å². The Morgan fingerprint density at radius 3 is 2.17 bits per heavy atom. The van der Waals surface area contributed by atoms with Gasteiger partial charge in [0.1, 0.15) is 5.15 Å². The molecule has 2 aromatic rings. The quantitative estimate of drug-likeness (QED) is 0.904. The summed E-state index contributed by atoms with van der Waals surface area (Å²) in [5.41, 5.74) is 5.92. The molecule has 1 aromatic carbocycles. The van der Waals surface area contributed by atoms with Crippen molar-refractivity contribution in [2.45, 2.75) is 34.3 Å². The molecule has 96 valence electrons. The van der Waals surface area contributed by atoms with Gasteiger partial charge < -0.3 is 5.11 Å². The molecule has 0 spiro atoms. The highest BCUT2D eigenvalue weighted by molar-refractivity contribution is 6.30. The fourth-order valence-corrected chi connectivity index (χ4v) is 2.68. The number of hydrogen-bond acceptors (Lipinski definition) is 2. The zero-order valence-electron chi connectivity index (χ0n) is 11.1. The van der Waals surface area contributed by atoms with Crippen LogP contribution < -0.4 is 0 Å². The lowest BCUT2D eigenvalue weighted by molar-refractivity contribution is 0.281. The molecular formula is C14H17ClN2O. The van der Waals surface area contributed by atoms with Gasteiger partial charge in [0.05, 0.1) is 18.0 Å². The van der Waals surface area contributed by atoms with E-state index < -0.39 is 0 Å². The normalized spacial score (nSPS) is 11.0. The van der Waals surface area contributed by atoms with Crippen LogP contribution in [0, 0.1) is 27.7 Å². The van der Waals surface area contributed by atoms with Crippen LogP contribution in [-0.4, -0.2) is 14.9 Å². The second-order valence-electron chi connectivity index (χ2n) is 4.67. The van der Waals surface area contributed by atoms with Crippen molar-refractivity contribution in [3.05, 3.63) is 45.2 Å². The molecule has 0 saturated heterocycles. The predicted octanol–water partition coefficient (Wildman–Crippen LogP) is 3.25. The number of aromatic nitrogens is 2. The van der Waals surface area contributed by atoms with Crippen molar-refractivity contribution in [3.8, 4) is 5.69 Å². The van der Waals surface area contributed by atoms with Crippen molar-refractivity contribution in [1.29, 1.82) is 0 Å². The summed E-state index contributed by atoms with van der Waals surface area (Å²) in [5, 5.41) is 14.2. The van der Waals surface area contributed by atoms with Crippen LogP contribution in [0.15, 0.2) is 12.1 Å². The standard InChI is InChI=1S/C14H17ClN2O/c1-8-5-9(2)13(10(3)6-8)17-14(15)12(7-18)11(4)16-17/h5-6,18H,7H2,1-4H3. The molecule has 3 nitrogen and oxygen atoms in total. The van der Waals surface area contributed by atoms with E-state index in [0.29, 0.717) is 10.7 Å². The maximum absolute atomic E-state index is 9.30. The minimum atomic E-state index is -0.0887. The van der Waals surface area contributed by atoms with E-state index in [9.17, 15) is 5.11 Å². The predicted molar refractivity (Wildman–Crippen MR) is 73.4 cm³/mol. The Labute approximate surface area is 112 Å². The van der Waals surface area contributed by atoms with Gasteiger partial charge in [0.25, 0.3) is 0 Å². The highest BCUT2D eigenvalue weighted by Crippen LogP contribution is 2.27. The van der Waals surface area contributed by atoms with E-state index in [1.165, 1.54) is 5.56 Å². The molecule has 0 amide bonds. The average Bonchev–Trinajstić information content (AvgIpc) is 2.53.